The first-order valence-corrected chi connectivity index (χ1v) is 14.6. The average molecular weight is 613 g/mol. The number of anilines is 3. The molecule has 0 unspecified atom stereocenters. The molecule has 230 valence electrons. The van der Waals surface area contributed by atoms with Crippen LogP contribution in [-0.2, 0) is 9.59 Å². The van der Waals surface area contributed by atoms with Crippen LogP contribution in [0.1, 0.15) is 89.4 Å². The maximum absolute atomic E-state index is 13.9. The van der Waals surface area contributed by atoms with Crippen molar-refractivity contribution in [3.05, 3.63) is 70.8 Å². The van der Waals surface area contributed by atoms with E-state index in [1.54, 1.807) is 0 Å². The number of aromatic hydroxyl groups is 3. The molecule has 9 nitrogen and oxygen atoms in total. The molecule has 2 aromatic rings. The van der Waals surface area contributed by atoms with Gasteiger partial charge in [0.05, 0.1) is 11.3 Å². The second-order valence-corrected chi connectivity index (χ2v) is 11.2. The standard InChI is InChI=1S/C34H42N2O7.Na/c1-22(2)10-7-11-23(3)12-8-13-24(4)18-19-35-27-20-25(37)21-29(39)33(27)36(30(40)16-5-6-17-31(41)42)32-26(34(35)43)14-9-15-28(32)38;/h9-10,12,14-15,18,20-21,37-39H,5-8,11,13,16-17,19H2,1-4H3,(H,41,42);/q;+1/p-1/b23-12+,24-18+;. The summed E-state index contributed by atoms with van der Waals surface area (Å²) in [7, 11) is 0. The van der Waals surface area contributed by atoms with E-state index >= 15 is 0 Å². The Morgan fingerprint density at radius 1 is 0.818 bits per heavy atom. The molecule has 0 fully saturated rings. The molecule has 1 aliphatic rings. The van der Waals surface area contributed by atoms with Gasteiger partial charge in [0.15, 0.2) is 0 Å². The van der Waals surface area contributed by atoms with Gasteiger partial charge in [0.2, 0.25) is 5.91 Å². The van der Waals surface area contributed by atoms with Gasteiger partial charge in [-0.05, 0) is 84.8 Å². The first kappa shape index (κ1) is 36.7. The van der Waals surface area contributed by atoms with Crippen molar-refractivity contribution in [3.8, 4) is 17.2 Å². The fourth-order valence-electron chi connectivity index (χ4n) is 5.00. The molecule has 3 rings (SSSR count). The first-order chi connectivity index (χ1) is 20.4. The third-order valence-corrected chi connectivity index (χ3v) is 7.30. The van der Waals surface area contributed by atoms with Crippen molar-refractivity contribution in [2.75, 3.05) is 16.3 Å². The maximum atomic E-state index is 13.9. The van der Waals surface area contributed by atoms with Crippen molar-refractivity contribution in [3.63, 3.8) is 0 Å². The minimum absolute atomic E-state index is 0. The van der Waals surface area contributed by atoms with Gasteiger partial charge in [-0.3, -0.25) is 14.5 Å². The van der Waals surface area contributed by atoms with E-state index in [0.717, 1.165) is 42.2 Å². The molecule has 44 heavy (non-hydrogen) atoms. The van der Waals surface area contributed by atoms with Crippen LogP contribution in [0.25, 0.3) is 0 Å². The van der Waals surface area contributed by atoms with Crippen LogP contribution in [0.5, 0.6) is 17.2 Å². The number of rotatable bonds is 13. The predicted molar refractivity (Wildman–Crippen MR) is 166 cm³/mol. The number of hydrogen-bond acceptors (Lipinski definition) is 7. The number of nitrogens with zero attached hydrogens (tertiary/aromatic N) is 2. The zero-order valence-electron chi connectivity index (χ0n) is 26.4. The van der Waals surface area contributed by atoms with E-state index in [1.165, 1.54) is 40.3 Å². The summed E-state index contributed by atoms with van der Waals surface area (Å²) < 4.78 is 0. The smallest absolute Gasteiger partial charge is 0.550 e. The fourth-order valence-corrected chi connectivity index (χ4v) is 5.00. The molecule has 1 heterocycles. The Hall–Kier alpha value is -3.53. The monoisotopic (exact) mass is 612 g/mol. The van der Waals surface area contributed by atoms with Gasteiger partial charge in [-0.25, -0.2) is 0 Å². The molecular weight excluding hydrogens is 571 g/mol. The van der Waals surface area contributed by atoms with E-state index in [1.807, 2.05) is 13.0 Å². The van der Waals surface area contributed by atoms with E-state index in [2.05, 4.69) is 32.9 Å². The number of carboxylic acid groups (broad SMARTS) is 1. The summed E-state index contributed by atoms with van der Waals surface area (Å²) >= 11 is 0. The Balaban J connectivity index is 0.00000675. The van der Waals surface area contributed by atoms with E-state index in [0.29, 0.717) is 0 Å². The molecule has 0 atom stereocenters. The SMILES string of the molecule is CC(C)=CCC/C(C)=C/CC/C(C)=C/CN1C(=O)c2cccc(O)c2N(C(=O)CCCCC(=O)[O-])c2c(O)cc(O)cc21.[Na+]. The summed E-state index contributed by atoms with van der Waals surface area (Å²) in [6.07, 6.45) is 10.0. The van der Waals surface area contributed by atoms with Crippen LogP contribution in [0.2, 0.25) is 0 Å². The number of para-hydroxylation sites is 1. The van der Waals surface area contributed by atoms with Gasteiger partial charge in [0.25, 0.3) is 5.91 Å². The van der Waals surface area contributed by atoms with Gasteiger partial charge in [0.1, 0.15) is 28.6 Å². The van der Waals surface area contributed by atoms with E-state index in [4.69, 9.17) is 0 Å². The molecule has 0 bridgehead atoms. The molecule has 0 aromatic heterocycles. The van der Waals surface area contributed by atoms with E-state index in [9.17, 15) is 34.8 Å². The molecule has 0 radical (unpaired) electrons. The molecular formula is C34H41N2NaO7. The zero-order valence-corrected chi connectivity index (χ0v) is 28.4. The van der Waals surface area contributed by atoms with Crippen LogP contribution in [0.4, 0.5) is 17.1 Å². The maximum Gasteiger partial charge on any atom is 1.00 e. The molecule has 3 N–H and O–H groups in total. The number of benzene rings is 2. The Morgan fingerprint density at radius 2 is 1.45 bits per heavy atom. The zero-order chi connectivity index (χ0) is 31.7. The third-order valence-electron chi connectivity index (χ3n) is 7.30. The first-order valence-electron chi connectivity index (χ1n) is 14.6. The molecule has 2 aromatic carbocycles. The number of carbonyl (C=O) groups is 3. The van der Waals surface area contributed by atoms with Crippen LogP contribution in [0.15, 0.2) is 65.3 Å². The van der Waals surface area contributed by atoms with Crippen LogP contribution in [0.3, 0.4) is 0 Å². The fraction of sp³-hybridized carbons (Fsp3) is 0.382. The topological polar surface area (TPSA) is 141 Å². The molecule has 0 saturated heterocycles. The Bertz CT molecular complexity index is 1460. The van der Waals surface area contributed by atoms with E-state index < -0.39 is 23.5 Å². The van der Waals surface area contributed by atoms with Crippen LogP contribution in [0, 0.1) is 0 Å². The quantitative estimate of drug-likeness (QED) is 0.179. The van der Waals surface area contributed by atoms with Crippen molar-refractivity contribution >= 4 is 34.8 Å². The molecule has 0 aliphatic carbocycles. The minimum Gasteiger partial charge on any atom is -0.550 e. The normalized spacial score (nSPS) is 13.0. The molecule has 0 saturated carbocycles. The molecule has 10 heteroatoms. The number of allylic oxidation sites excluding steroid dienone is 5. The van der Waals surface area contributed by atoms with Gasteiger partial charge in [-0.2, -0.15) is 0 Å². The number of phenolic OH excluding ortho intramolecular Hbond substituents is 3. The number of phenols is 3. The number of unbranched alkanes of at least 4 members (excludes halogenated alkanes) is 1. The summed E-state index contributed by atoms with van der Waals surface area (Å²) in [4.78, 5) is 40.8. The van der Waals surface area contributed by atoms with Crippen molar-refractivity contribution in [1.82, 2.24) is 0 Å². The third kappa shape index (κ3) is 9.74. The summed E-state index contributed by atoms with van der Waals surface area (Å²) in [5.74, 6) is -3.41. The summed E-state index contributed by atoms with van der Waals surface area (Å²) in [5, 5.41) is 43.1. The van der Waals surface area contributed by atoms with Gasteiger partial charge in [0, 0.05) is 31.1 Å². The number of hydrogen-bond donors (Lipinski definition) is 3. The average Bonchev–Trinajstić information content (AvgIpc) is 3.02. The van der Waals surface area contributed by atoms with Crippen LogP contribution >= 0.6 is 0 Å². The van der Waals surface area contributed by atoms with Gasteiger partial charge < -0.3 is 30.1 Å². The Labute approximate surface area is 281 Å². The number of carbonyl (C=O) groups excluding carboxylic acids is 3. The molecule has 0 spiro atoms. The number of fused-ring (bicyclic) bond motifs is 2. The second kappa shape index (κ2) is 17.1. The molecule has 1 aliphatic heterocycles. The van der Waals surface area contributed by atoms with Crippen LogP contribution < -0.4 is 44.5 Å². The predicted octanol–water partition coefficient (Wildman–Crippen LogP) is 3.16. The second-order valence-electron chi connectivity index (χ2n) is 11.2. The summed E-state index contributed by atoms with van der Waals surface area (Å²) in [6.45, 7) is 8.35. The molecule has 2 amide bonds. The minimum atomic E-state index is -1.22. The Kier molecular flexibility index (Phi) is 14.2. The van der Waals surface area contributed by atoms with Gasteiger partial charge in [-0.1, -0.05) is 41.0 Å². The van der Waals surface area contributed by atoms with E-state index in [-0.39, 0.29) is 95.9 Å². The number of carboxylic acids is 1. The Morgan fingerprint density at radius 3 is 2.11 bits per heavy atom. The largest absolute Gasteiger partial charge is 1.00 e. The number of aliphatic carboxylic acids is 1. The van der Waals surface area contributed by atoms with Crippen LogP contribution in [-0.4, -0.2) is 39.6 Å². The van der Waals surface area contributed by atoms with Crippen molar-refractivity contribution in [2.24, 2.45) is 0 Å². The van der Waals surface area contributed by atoms with Gasteiger partial charge >= 0.3 is 29.6 Å². The number of amides is 2. The van der Waals surface area contributed by atoms with Crippen molar-refractivity contribution in [2.45, 2.75) is 79.1 Å². The van der Waals surface area contributed by atoms with Crippen molar-refractivity contribution < 1.29 is 64.4 Å². The van der Waals surface area contributed by atoms with Crippen molar-refractivity contribution in [1.29, 1.82) is 0 Å². The van der Waals surface area contributed by atoms with Gasteiger partial charge in [-0.15, -0.1) is 0 Å². The summed E-state index contributed by atoms with van der Waals surface area (Å²) in [5.41, 5.74) is 3.65. The summed E-state index contributed by atoms with van der Waals surface area (Å²) in [6, 6.07) is 6.69.